The summed E-state index contributed by atoms with van der Waals surface area (Å²) >= 11 is 0. The summed E-state index contributed by atoms with van der Waals surface area (Å²) in [6.45, 7) is 1.46. The van der Waals surface area contributed by atoms with Crippen LogP contribution in [-0.4, -0.2) is 93.4 Å². The van der Waals surface area contributed by atoms with Crippen molar-refractivity contribution in [1.82, 2.24) is 15.5 Å². The van der Waals surface area contributed by atoms with Gasteiger partial charge in [-0.2, -0.15) is 0 Å². The number of benzene rings is 3. The summed E-state index contributed by atoms with van der Waals surface area (Å²) in [5.41, 5.74) is 8.34. The number of nitrogens with zero attached hydrogens (tertiary/aromatic N) is 2. The average Bonchev–Trinajstić information content (AvgIpc) is 3.11. The average molecular weight is 734 g/mol. The molecular weight excluding hydrogens is 687 g/mol. The van der Waals surface area contributed by atoms with Crippen LogP contribution in [0.3, 0.4) is 0 Å². The molecule has 3 aromatic rings. The molecule has 0 saturated heterocycles. The molecule has 3 aromatic carbocycles. The van der Waals surface area contributed by atoms with Gasteiger partial charge in [0.15, 0.2) is 0 Å². The van der Waals surface area contributed by atoms with Gasteiger partial charge in [0.2, 0.25) is 17.7 Å². The number of nitrogens with one attached hydrogen (secondary N) is 2. The molecule has 14 heteroatoms. The molecule has 0 aliphatic carbocycles. The second-order valence-electron chi connectivity index (χ2n) is 12.4. The first-order valence-corrected chi connectivity index (χ1v) is 18.6. The standard InChI is InChI=1S/C38H47N5O8S/c1-26(39)40-32(24-29-14-17-30(18-15-29)51-35(46)19-16-27-10-6-4-7-11-27)37(48)41-31(21-23-52(3)50)36(47)42-33(25-28-12-8-5-9-13-28)38(49)43(2)22-20-34(44)45/h4-15,17-18,31-33H,16,19-25H2,1-3H3,(H2,39,40)(H,41,48)(H,42,47)(H,44,45)/t31-,32+,33+,52?/m1/s1. The van der Waals surface area contributed by atoms with Crippen LogP contribution in [0, 0.1) is 0 Å². The smallest absolute Gasteiger partial charge is 0.311 e. The van der Waals surface area contributed by atoms with E-state index in [1.807, 2.05) is 36.4 Å². The third-order valence-electron chi connectivity index (χ3n) is 7.97. The maximum absolute atomic E-state index is 13.7. The SMILES string of the molecule is CC(N)=N[C@@H](Cc1ccc(OC(=O)CCc2ccccc2)cc1)C(=O)N[C@H](CCS(C)=O)C(=O)N[C@@H](Cc1ccccc1)C(=O)N(C)CCC(=O)O. The molecule has 0 fully saturated rings. The van der Waals surface area contributed by atoms with Crippen molar-refractivity contribution in [3.8, 4) is 5.75 Å². The number of hydrogen-bond donors (Lipinski definition) is 4. The number of amidine groups is 1. The third-order valence-corrected chi connectivity index (χ3v) is 8.78. The Morgan fingerprint density at radius 3 is 1.98 bits per heavy atom. The van der Waals surface area contributed by atoms with Crippen LogP contribution < -0.4 is 21.1 Å². The molecule has 5 N–H and O–H groups in total. The van der Waals surface area contributed by atoms with Crippen molar-refractivity contribution in [2.24, 2.45) is 10.7 Å². The van der Waals surface area contributed by atoms with Crippen molar-refractivity contribution in [1.29, 1.82) is 0 Å². The van der Waals surface area contributed by atoms with Gasteiger partial charge >= 0.3 is 11.9 Å². The zero-order valence-electron chi connectivity index (χ0n) is 29.7. The van der Waals surface area contributed by atoms with E-state index in [1.54, 1.807) is 48.5 Å². The molecule has 278 valence electrons. The fourth-order valence-corrected chi connectivity index (χ4v) is 5.78. The molecular formula is C38H47N5O8S. The number of ether oxygens (including phenoxy) is 1. The van der Waals surface area contributed by atoms with Gasteiger partial charge in [-0.1, -0.05) is 72.8 Å². The van der Waals surface area contributed by atoms with Crippen molar-refractivity contribution < 1.29 is 38.0 Å². The quantitative estimate of drug-likeness (QED) is 0.0583. The Labute approximate surface area is 306 Å². The lowest BCUT2D eigenvalue weighted by molar-refractivity contribution is -0.140. The molecule has 0 aromatic heterocycles. The number of hydrogen-bond acceptors (Lipinski definition) is 8. The number of carboxylic acids is 1. The number of carboxylic acid groups (broad SMARTS) is 1. The van der Waals surface area contributed by atoms with Gasteiger partial charge < -0.3 is 31.1 Å². The predicted molar refractivity (Wildman–Crippen MR) is 199 cm³/mol. The van der Waals surface area contributed by atoms with Crippen LogP contribution >= 0.6 is 0 Å². The Kier molecular flexibility index (Phi) is 16.7. The van der Waals surface area contributed by atoms with Gasteiger partial charge in [0.1, 0.15) is 23.9 Å². The number of rotatable bonds is 20. The van der Waals surface area contributed by atoms with Gasteiger partial charge in [0, 0.05) is 55.7 Å². The van der Waals surface area contributed by atoms with E-state index in [4.69, 9.17) is 15.6 Å². The fraction of sp³-hybridized carbons (Fsp3) is 0.368. The lowest BCUT2D eigenvalue weighted by Crippen LogP contribution is -2.56. The Bertz CT molecular complexity index is 1700. The van der Waals surface area contributed by atoms with E-state index in [0.29, 0.717) is 17.7 Å². The maximum Gasteiger partial charge on any atom is 0.311 e. The van der Waals surface area contributed by atoms with Crippen molar-refractivity contribution in [3.63, 3.8) is 0 Å². The number of nitrogens with two attached hydrogens (primary N) is 1. The van der Waals surface area contributed by atoms with Gasteiger partial charge in [-0.3, -0.25) is 33.2 Å². The van der Waals surface area contributed by atoms with Crippen LogP contribution in [0.4, 0.5) is 0 Å². The molecule has 0 spiro atoms. The first-order chi connectivity index (χ1) is 24.8. The molecule has 0 saturated carbocycles. The molecule has 52 heavy (non-hydrogen) atoms. The summed E-state index contributed by atoms with van der Waals surface area (Å²) in [6.07, 6.45) is 2.17. The van der Waals surface area contributed by atoms with Gasteiger partial charge in [0.25, 0.3) is 0 Å². The molecule has 1 unspecified atom stereocenters. The highest BCUT2D eigenvalue weighted by Gasteiger charge is 2.31. The van der Waals surface area contributed by atoms with E-state index in [-0.39, 0.29) is 56.2 Å². The van der Waals surface area contributed by atoms with Crippen LogP contribution in [0.1, 0.15) is 42.9 Å². The minimum Gasteiger partial charge on any atom is -0.481 e. The highest BCUT2D eigenvalue weighted by atomic mass is 32.2. The second-order valence-corrected chi connectivity index (χ2v) is 13.9. The molecule has 0 heterocycles. The number of aliphatic imine (C=N–C) groups is 1. The molecule has 0 aliphatic heterocycles. The number of aryl methyl sites for hydroxylation is 1. The van der Waals surface area contributed by atoms with Crippen LogP contribution in [0.2, 0.25) is 0 Å². The van der Waals surface area contributed by atoms with Crippen molar-refractivity contribution >= 4 is 46.3 Å². The highest BCUT2D eigenvalue weighted by molar-refractivity contribution is 7.84. The van der Waals surface area contributed by atoms with E-state index in [2.05, 4.69) is 15.6 Å². The first kappa shape index (κ1) is 41.1. The maximum atomic E-state index is 13.7. The van der Waals surface area contributed by atoms with Gasteiger partial charge in [-0.05, 0) is 48.6 Å². The number of likely N-dealkylation sites (N-methyl/N-ethyl adjacent to an activating group) is 1. The Morgan fingerprint density at radius 2 is 1.40 bits per heavy atom. The van der Waals surface area contributed by atoms with Crippen molar-refractivity contribution in [2.75, 3.05) is 25.6 Å². The Balaban J connectivity index is 1.73. The first-order valence-electron chi connectivity index (χ1n) is 16.9. The minimum atomic E-state index is -1.30. The molecule has 3 rings (SSSR count). The van der Waals surface area contributed by atoms with Crippen molar-refractivity contribution in [3.05, 3.63) is 102 Å². The Morgan fingerprint density at radius 1 is 0.827 bits per heavy atom. The van der Waals surface area contributed by atoms with E-state index >= 15 is 0 Å². The predicted octanol–water partition coefficient (Wildman–Crippen LogP) is 2.43. The van der Waals surface area contributed by atoms with Gasteiger partial charge in [0.05, 0.1) is 12.3 Å². The molecule has 4 atom stereocenters. The number of aliphatic carboxylic acids is 1. The molecule has 0 bridgehead atoms. The zero-order valence-corrected chi connectivity index (χ0v) is 30.5. The van der Waals surface area contributed by atoms with Gasteiger partial charge in [-0.25, -0.2) is 0 Å². The van der Waals surface area contributed by atoms with Crippen LogP contribution in [0.15, 0.2) is 89.9 Å². The van der Waals surface area contributed by atoms with E-state index in [9.17, 15) is 28.2 Å². The van der Waals surface area contributed by atoms with E-state index < -0.39 is 52.6 Å². The van der Waals surface area contributed by atoms with E-state index in [0.717, 1.165) is 11.1 Å². The molecule has 0 radical (unpaired) electrons. The normalized spacial score (nSPS) is 13.6. The summed E-state index contributed by atoms with van der Waals surface area (Å²) in [7, 11) is 0.154. The lowest BCUT2D eigenvalue weighted by Gasteiger charge is -2.27. The minimum absolute atomic E-state index is 0.00413. The topological polar surface area (TPSA) is 198 Å². The molecule has 0 aliphatic rings. The lowest BCUT2D eigenvalue weighted by atomic mass is 10.0. The largest absolute Gasteiger partial charge is 0.481 e. The number of esters is 1. The molecule has 3 amide bonds. The third kappa shape index (κ3) is 14.9. The van der Waals surface area contributed by atoms with Crippen LogP contribution in [0.5, 0.6) is 5.75 Å². The zero-order chi connectivity index (χ0) is 38.0. The Hall–Kier alpha value is -5.37. The number of amides is 3. The highest BCUT2D eigenvalue weighted by Crippen LogP contribution is 2.16. The number of carbonyl (C=O) groups excluding carboxylic acids is 4. The number of carbonyl (C=O) groups is 5. The van der Waals surface area contributed by atoms with Crippen LogP contribution in [-0.2, 0) is 54.0 Å². The molecule has 13 nitrogen and oxygen atoms in total. The summed E-state index contributed by atoms with van der Waals surface area (Å²) in [5.74, 6) is -2.68. The van der Waals surface area contributed by atoms with Crippen LogP contribution in [0.25, 0.3) is 0 Å². The summed E-state index contributed by atoms with van der Waals surface area (Å²) < 4.78 is 17.5. The summed E-state index contributed by atoms with van der Waals surface area (Å²) in [4.78, 5) is 69.9. The van der Waals surface area contributed by atoms with E-state index in [1.165, 1.54) is 25.1 Å². The summed E-state index contributed by atoms with van der Waals surface area (Å²) in [5, 5.41) is 14.6. The van der Waals surface area contributed by atoms with Gasteiger partial charge in [-0.15, -0.1) is 0 Å². The summed E-state index contributed by atoms with van der Waals surface area (Å²) in [6, 6.07) is 21.9. The van der Waals surface area contributed by atoms with Crippen molar-refractivity contribution in [2.45, 2.75) is 63.6 Å². The second kappa shape index (κ2) is 21.1. The monoisotopic (exact) mass is 733 g/mol. The fourth-order valence-electron chi connectivity index (χ4n) is 5.22.